The SMILES string of the molecule is CN=C(NCc1cccs1)NCC(C)(C)c1ccccc1F.I. The van der Waals surface area contributed by atoms with Gasteiger partial charge in [-0.15, -0.1) is 35.3 Å². The molecule has 0 aliphatic carbocycles. The van der Waals surface area contributed by atoms with Crippen molar-refractivity contribution in [1.29, 1.82) is 0 Å². The first-order valence-corrected chi connectivity index (χ1v) is 8.13. The van der Waals surface area contributed by atoms with Gasteiger partial charge in [0, 0.05) is 23.9 Å². The van der Waals surface area contributed by atoms with E-state index in [-0.39, 0.29) is 35.2 Å². The number of hydrogen-bond donors (Lipinski definition) is 2. The number of halogens is 2. The molecular weight excluding hydrogens is 424 g/mol. The third-order valence-corrected chi connectivity index (χ3v) is 4.41. The predicted octanol–water partition coefficient (Wildman–Crippen LogP) is 4.15. The molecule has 0 spiro atoms. The van der Waals surface area contributed by atoms with Crippen LogP contribution in [0.4, 0.5) is 4.39 Å². The van der Waals surface area contributed by atoms with Crippen LogP contribution in [0.2, 0.25) is 0 Å². The van der Waals surface area contributed by atoms with Crippen molar-refractivity contribution in [3.63, 3.8) is 0 Å². The van der Waals surface area contributed by atoms with Crippen LogP contribution in [0.3, 0.4) is 0 Å². The topological polar surface area (TPSA) is 36.4 Å². The number of thiophene rings is 1. The monoisotopic (exact) mass is 447 g/mol. The molecule has 0 saturated carbocycles. The summed E-state index contributed by atoms with van der Waals surface area (Å²) in [4.78, 5) is 5.46. The second-order valence-electron chi connectivity index (χ2n) is 5.72. The Morgan fingerprint density at radius 3 is 2.52 bits per heavy atom. The average molecular weight is 447 g/mol. The summed E-state index contributed by atoms with van der Waals surface area (Å²) >= 11 is 1.70. The zero-order valence-electron chi connectivity index (χ0n) is 13.6. The zero-order chi connectivity index (χ0) is 16.0. The summed E-state index contributed by atoms with van der Waals surface area (Å²) in [5.74, 6) is 0.550. The van der Waals surface area contributed by atoms with E-state index in [9.17, 15) is 4.39 Å². The molecule has 0 fully saturated rings. The number of guanidine groups is 1. The lowest BCUT2D eigenvalue weighted by Crippen LogP contribution is -2.43. The molecule has 23 heavy (non-hydrogen) atoms. The van der Waals surface area contributed by atoms with Crippen LogP contribution >= 0.6 is 35.3 Å². The van der Waals surface area contributed by atoms with Crippen molar-refractivity contribution in [3.05, 3.63) is 58.0 Å². The van der Waals surface area contributed by atoms with E-state index in [1.165, 1.54) is 10.9 Å². The van der Waals surface area contributed by atoms with Gasteiger partial charge in [0.1, 0.15) is 5.82 Å². The smallest absolute Gasteiger partial charge is 0.191 e. The summed E-state index contributed by atoms with van der Waals surface area (Å²) in [5, 5.41) is 8.59. The van der Waals surface area contributed by atoms with Crippen LogP contribution in [-0.2, 0) is 12.0 Å². The van der Waals surface area contributed by atoms with Crippen LogP contribution in [-0.4, -0.2) is 19.6 Å². The van der Waals surface area contributed by atoms with Crippen molar-refractivity contribution in [2.24, 2.45) is 4.99 Å². The highest BCUT2D eigenvalue weighted by Crippen LogP contribution is 2.24. The molecule has 0 atom stereocenters. The molecule has 0 unspecified atom stereocenters. The van der Waals surface area contributed by atoms with Crippen LogP contribution in [0.5, 0.6) is 0 Å². The molecule has 6 heteroatoms. The molecular formula is C17H23FIN3S. The molecule has 3 nitrogen and oxygen atoms in total. The van der Waals surface area contributed by atoms with Crippen LogP contribution in [0.15, 0.2) is 46.8 Å². The van der Waals surface area contributed by atoms with Gasteiger partial charge in [0.05, 0.1) is 6.54 Å². The van der Waals surface area contributed by atoms with Crippen molar-refractivity contribution in [3.8, 4) is 0 Å². The predicted molar refractivity (Wildman–Crippen MR) is 107 cm³/mol. The van der Waals surface area contributed by atoms with Gasteiger partial charge >= 0.3 is 0 Å². The van der Waals surface area contributed by atoms with Crippen LogP contribution in [0, 0.1) is 5.82 Å². The number of aliphatic imine (C=N–C) groups is 1. The summed E-state index contributed by atoms with van der Waals surface area (Å²) in [7, 11) is 1.74. The first-order valence-electron chi connectivity index (χ1n) is 7.25. The van der Waals surface area contributed by atoms with E-state index in [1.54, 1.807) is 24.5 Å². The van der Waals surface area contributed by atoms with E-state index in [2.05, 4.69) is 27.1 Å². The fourth-order valence-corrected chi connectivity index (χ4v) is 2.86. The Balaban J connectivity index is 0.00000264. The number of benzene rings is 1. The number of nitrogens with zero attached hydrogens (tertiary/aromatic N) is 1. The average Bonchev–Trinajstić information content (AvgIpc) is 3.01. The quantitative estimate of drug-likeness (QED) is 0.411. The fourth-order valence-electron chi connectivity index (χ4n) is 2.21. The third-order valence-electron chi connectivity index (χ3n) is 3.53. The minimum absolute atomic E-state index is 0. The van der Waals surface area contributed by atoms with Gasteiger partial charge in [-0.05, 0) is 23.1 Å². The molecule has 0 saturated heterocycles. The maximum atomic E-state index is 14.0. The Morgan fingerprint density at radius 2 is 1.91 bits per heavy atom. The second-order valence-corrected chi connectivity index (χ2v) is 6.75. The molecule has 1 heterocycles. The minimum atomic E-state index is -0.327. The van der Waals surface area contributed by atoms with Crippen molar-refractivity contribution >= 4 is 41.3 Å². The molecule has 0 bridgehead atoms. The molecule has 0 radical (unpaired) electrons. The highest BCUT2D eigenvalue weighted by molar-refractivity contribution is 14.0. The normalized spacial score (nSPS) is 11.7. The first kappa shape index (κ1) is 19.9. The van der Waals surface area contributed by atoms with E-state index in [1.807, 2.05) is 32.0 Å². The molecule has 1 aromatic carbocycles. The van der Waals surface area contributed by atoms with Crippen LogP contribution < -0.4 is 10.6 Å². The van der Waals surface area contributed by atoms with Crippen molar-refractivity contribution in [1.82, 2.24) is 10.6 Å². The van der Waals surface area contributed by atoms with Crippen molar-refractivity contribution in [2.75, 3.05) is 13.6 Å². The largest absolute Gasteiger partial charge is 0.356 e. The molecule has 2 aromatic rings. The summed E-state index contributed by atoms with van der Waals surface area (Å²) in [6.07, 6.45) is 0. The summed E-state index contributed by atoms with van der Waals surface area (Å²) < 4.78 is 14.0. The maximum Gasteiger partial charge on any atom is 0.191 e. The minimum Gasteiger partial charge on any atom is -0.356 e. The zero-order valence-corrected chi connectivity index (χ0v) is 16.7. The van der Waals surface area contributed by atoms with Gasteiger partial charge in [0.25, 0.3) is 0 Å². The highest BCUT2D eigenvalue weighted by atomic mass is 127. The van der Waals surface area contributed by atoms with Gasteiger partial charge in [-0.1, -0.05) is 38.1 Å². The van der Waals surface area contributed by atoms with Gasteiger partial charge in [-0.25, -0.2) is 4.39 Å². The molecule has 0 aliphatic heterocycles. The van der Waals surface area contributed by atoms with Gasteiger partial charge in [-0.2, -0.15) is 0 Å². The Kier molecular flexibility index (Phi) is 7.98. The van der Waals surface area contributed by atoms with Gasteiger partial charge < -0.3 is 10.6 Å². The Hall–Kier alpha value is -1.15. The lowest BCUT2D eigenvalue weighted by molar-refractivity contribution is 0.473. The number of nitrogens with one attached hydrogen (secondary N) is 2. The van der Waals surface area contributed by atoms with Crippen LogP contribution in [0.1, 0.15) is 24.3 Å². The van der Waals surface area contributed by atoms with Gasteiger partial charge in [0.2, 0.25) is 0 Å². The van der Waals surface area contributed by atoms with Crippen molar-refractivity contribution < 1.29 is 4.39 Å². The van der Waals surface area contributed by atoms with E-state index >= 15 is 0 Å². The molecule has 1 aromatic heterocycles. The third kappa shape index (κ3) is 5.76. The summed E-state index contributed by atoms with van der Waals surface area (Å²) in [6, 6.07) is 11.0. The highest BCUT2D eigenvalue weighted by Gasteiger charge is 2.24. The van der Waals surface area contributed by atoms with Gasteiger partial charge in [-0.3, -0.25) is 4.99 Å². The van der Waals surface area contributed by atoms with E-state index in [0.29, 0.717) is 12.1 Å². The number of hydrogen-bond acceptors (Lipinski definition) is 2. The van der Waals surface area contributed by atoms with Crippen molar-refractivity contribution in [2.45, 2.75) is 25.8 Å². The lowest BCUT2D eigenvalue weighted by Gasteiger charge is -2.27. The maximum absolute atomic E-state index is 14.0. The Morgan fingerprint density at radius 1 is 1.17 bits per heavy atom. The number of rotatable bonds is 5. The summed E-state index contributed by atoms with van der Waals surface area (Å²) in [6.45, 7) is 5.37. The Bertz CT molecular complexity index is 627. The Labute approximate surface area is 158 Å². The molecule has 0 aliphatic rings. The second kappa shape index (κ2) is 9.22. The fraction of sp³-hybridized carbons (Fsp3) is 0.353. The standard InChI is InChI=1S/C17H22FN3S.HI/c1-17(2,14-8-4-5-9-15(14)18)12-21-16(19-3)20-11-13-7-6-10-22-13;/h4-10H,11-12H2,1-3H3,(H2,19,20,21);1H. The first-order chi connectivity index (χ1) is 10.5. The van der Waals surface area contributed by atoms with Gasteiger partial charge in [0.15, 0.2) is 5.96 Å². The lowest BCUT2D eigenvalue weighted by atomic mass is 9.84. The van der Waals surface area contributed by atoms with E-state index in [0.717, 1.165) is 12.5 Å². The summed E-state index contributed by atoms with van der Waals surface area (Å²) in [5.41, 5.74) is 0.377. The van der Waals surface area contributed by atoms with E-state index < -0.39 is 0 Å². The van der Waals surface area contributed by atoms with E-state index in [4.69, 9.17) is 0 Å². The molecule has 126 valence electrons. The molecule has 2 N–H and O–H groups in total. The molecule has 0 amide bonds. The molecule has 2 rings (SSSR count). The van der Waals surface area contributed by atoms with Crippen LogP contribution in [0.25, 0.3) is 0 Å².